The van der Waals surface area contributed by atoms with Crippen LogP contribution in [0.2, 0.25) is 0 Å². The van der Waals surface area contributed by atoms with E-state index in [0.29, 0.717) is 5.56 Å². The van der Waals surface area contributed by atoms with Crippen molar-refractivity contribution in [2.45, 2.75) is 51.7 Å². The fraction of sp³-hybridized carbons (Fsp3) is 0.500. The van der Waals surface area contributed by atoms with Crippen LogP contribution in [-0.4, -0.2) is 24.0 Å². The van der Waals surface area contributed by atoms with E-state index in [0.717, 1.165) is 31.2 Å². The summed E-state index contributed by atoms with van der Waals surface area (Å²) in [5, 5.41) is 2.93. The Labute approximate surface area is 119 Å². The molecule has 1 fully saturated rings. The maximum absolute atomic E-state index is 11.9. The maximum atomic E-state index is 11.9. The van der Waals surface area contributed by atoms with Gasteiger partial charge >= 0.3 is 5.97 Å². The quantitative estimate of drug-likeness (QED) is 0.859. The number of aryl methyl sites for hydroxylation is 1. The third kappa shape index (κ3) is 3.83. The second-order valence-electron chi connectivity index (χ2n) is 5.40. The molecule has 0 radical (unpaired) electrons. The van der Waals surface area contributed by atoms with Crippen molar-refractivity contribution < 1.29 is 14.3 Å². The molecule has 4 nitrogen and oxygen atoms in total. The standard InChI is InChI=1S/C16H21NO3/c1-11-7-9-13(10-8-11)16(19)20-12(2)15(18)17-14-5-3-4-6-14/h7-10,12,14H,3-6H2,1-2H3,(H,17,18)/t12-/m0/s1. The third-order valence-electron chi connectivity index (χ3n) is 3.64. The number of carbonyl (C=O) groups is 2. The molecule has 0 aromatic heterocycles. The van der Waals surface area contributed by atoms with E-state index < -0.39 is 12.1 Å². The van der Waals surface area contributed by atoms with Gasteiger partial charge in [0.05, 0.1) is 5.56 Å². The highest BCUT2D eigenvalue weighted by Gasteiger charge is 2.23. The largest absolute Gasteiger partial charge is 0.449 e. The molecular formula is C16H21NO3. The Kier molecular flexibility index (Phi) is 4.77. The van der Waals surface area contributed by atoms with E-state index in [9.17, 15) is 9.59 Å². The molecule has 0 spiro atoms. The Morgan fingerprint density at radius 2 is 1.80 bits per heavy atom. The zero-order valence-corrected chi connectivity index (χ0v) is 12.0. The van der Waals surface area contributed by atoms with Gasteiger partial charge in [-0.2, -0.15) is 0 Å². The lowest BCUT2D eigenvalue weighted by Crippen LogP contribution is -2.40. The van der Waals surface area contributed by atoms with Crippen molar-refractivity contribution in [1.82, 2.24) is 5.32 Å². The number of hydrogen-bond donors (Lipinski definition) is 1. The summed E-state index contributed by atoms with van der Waals surface area (Å²) in [6, 6.07) is 7.35. The van der Waals surface area contributed by atoms with Crippen molar-refractivity contribution in [2.75, 3.05) is 0 Å². The minimum Gasteiger partial charge on any atom is -0.449 e. The summed E-state index contributed by atoms with van der Waals surface area (Å²) in [7, 11) is 0. The van der Waals surface area contributed by atoms with Gasteiger partial charge < -0.3 is 10.1 Å². The first-order chi connectivity index (χ1) is 9.56. The van der Waals surface area contributed by atoms with Crippen LogP contribution in [-0.2, 0) is 9.53 Å². The molecule has 1 N–H and O–H groups in total. The van der Waals surface area contributed by atoms with Crippen molar-refractivity contribution in [3.8, 4) is 0 Å². The van der Waals surface area contributed by atoms with Crippen LogP contribution in [0, 0.1) is 6.92 Å². The van der Waals surface area contributed by atoms with Crippen molar-refractivity contribution in [3.05, 3.63) is 35.4 Å². The molecule has 1 saturated carbocycles. The molecule has 1 atom stereocenters. The van der Waals surface area contributed by atoms with Crippen LogP contribution >= 0.6 is 0 Å². The van der Waals surface area contributed by atoms with Gasteiger partial charge in [0.25, 0.3) is 5.91 Å². The van der Waals surface area contributed by atoms with Crippen molar-refractivity contribution in [2.24, 2.45) is 0 Å². The summed E-state index contributed by atoms with van der Waals surface area (Å²) in [6.07, 6.45) is 3.59. The fourth-order valence-corrected chi connectivity index (χ4v) is 2.36. The number of nitrogens with one attached hydrogen (secondary N) is 1. The lowest BCUT2D eigenvalue weighted by atomic mass is 10.1. The Balaban J connectivity index is 1.86. The van der Waals surface area contributed by atoms with E-state index in [1.165, 1.54) is 0 Å². The van der Waals surface area contributed by atoms with E-state index in [-0.39, 0.29) is 11.9 Å². The summed E-state index contributed by atoms with van der Waals surface area (Å²) in [5.74, 6) is -0.670. The summed E-state index contributed by atoms with van der Waals surface area (Å²) in [6.45, 7) is 3.56. The molecule has 1 aliphatic carbocycles. The minimum absolute atomic E-state index is 0.211. The van der Waals surface area contributed by atoms with Gasteiger partial charge in [0.1, 0.15) is 0 Å². The van der Waals surface area contributed by atoms with Crippen LogP contribution in [0.5, 0.6) is 0 Å². The molecule has 20 heavy (non-hydrogen) atoms. The molecule has 0 bridgehead atoms. The lowest BCUT2D eigenvalue weighted by Gasteiger charge is -2.17. The average Bonchev–Trinajstić information content (AvgIpc) is 2.92. The number of benzene rings is 1. The first-order valence-corrected chi connectivity index (χ1v) is 7.14. The molecule has 108 valence electrons. The highest BCUT2D eigenvalue weighted by atomic mass is 16.5. The molecular weight excluding hydrogens is 254 g/mol. The highest BCUT2D eigenvalue weighted by Crippen LogP contribution is 2.17. The van der Waals surface area contributed by atoms with Crippen LogP contribution in [0.25, 0.3) is 0 Å². The van der Waals surface area contributed by atoms with Crippen LogP contribution in [0.3, 0.4) is 0 Å². The zero-order chi connectivity index (χ0) is 14.5. The summed E-state index contributed by atoms with van der Waals surface area (Å²) < 4.78 is 5.20. The molecule has 1 aliphatic rings. The highest BCUT2D eigenvalue weighted by molar-refractivity contribution is 5.92. The normalized spacial score (nSPS) is 16.7. The topological polar surface area (TPSA) is 55.4 Å². The van der Waals surface area contributed by atoms with Crippen LogP contribution in [0.15, 0.2) is 24.3 Å². The van der Waals surface area contributed by atoms with Gasteiger partial charge in [0.2, 0.25) is 0 Å². The van der Waals surface area contributed by atoms with Crippen molar-refractivity contribution in [3.63, 3.8) is 0 Å². The number of rotatable bonds is 4. The molecule has 0 heterocycles. The third-order valence-corrected chi connectivity index (χ3v) is 3.64. The van der Waals surface area contributed by atoms with E-state index in [2.05, 4.69) is 5.32 Å². The Bertz CT molecular complexity index is 475. The van der Waals surface area contributed by atoms with Crippen LogP contribution in [0.1, 0.15) is 48.5 Å². The van der Waals surface area contributed by atoms with Crippen LogP contribution < -0.4 is 5.32 Å². The van der Waals surface area contributed by atoms with E-state index in [1.807, 2.05) is 19.1 Å². The average molecular weight is 275 g/mol. The first-order valence-electron chi connectivity index (χ1n) is 7.14. The first kappa shape index (κ1) is 14.6. The monoisotopic (exact) mass is 275 g/mol. The van der Waals surface area contributed by atoms with E-state index >= 15 is 0 Å². The number of esters is 1. The van der Waals surface area contributed by atoms with Gasteiger partial charge in [0, 0.05) is 6.04 Å². The molecule has 4 heteroatoms. The predicted octanol–water partition coefficient (Wildman–Crippen LogP) is 2.60. The SMILES string of the molecule is Cc1ccc(C(=O)O[C@@H](C)C(=O)NC2CCCC2)cc1. The van der Waals surface area contributed by atoms with E-state index in [4.69, 9.17) is 4.74 Å². The Morgan fingerprint density at radius 1 is 1.20 bits per heavy atom. The second kappa shape index (κ2) is 6.55. The van der Waals surface area contributed by atoms with Gasteiger partial charge in [0.15, 0.2) is 6.10 Å². The molecule has 0 saturated heterocycles. The predicted molar refractivity (Wildman–Crippen MR) is 76.5 cm³/mol. The summed E-state index contributed by atoms with van der Waals surface area (Å²) >= 11 is 0. The molecule has 1 amide bonds. The van der Waals surface area contributed by atoms with Gasteiger partial charge in [-0.25, -0.2) is 4.79 Å². The number of hydrogen-bond acceptors (Lipinski definition) is 3. The number of amides is 1. The smallest absolute Gasteiger partial charge is 0.338 e. The summed E-state index contributed by atoms with van der Waals surface area (Å²) in [5.41, 5.74) is 1.55. The van der Waals surface area contributed by atoms with E-state index in [1.54, 1.807) is 19.1 Å². The number of carbonyl (C=O) groups excluding carboxylic acids is 2. The Hall–Kier alpha value is -1.84. The molecule has 1 aromatic carbocycles. The van der Waals surface area contributed by atoms with Gasteiger partial charge in [-0.05, 0) is 38.8 Å². The van der Waals surface area contributed by atoms with Crippen molar-refractivity contribution in [1.29, 1.82) is 0 Å². The van der Waals surface area contributed by atoms with Crippen LogP contribution in [0.4, 0.5) is 0 Å². The molecule has 2 rings (SSSR count). The molecule has 0 unspecified atom stereocenters. The summed E-state index contributed by atoms with van der Waals surface area (Å²) in [4.78, 5) is 23.8. The molecule has 0 aliphatic heterocycles. The zero-order valence-electron chi connectivity index (χ0n) is 12.0. The van der Waals surface area contributed by atoms with Gasteiger partial charge in [-0.1, -0.05) is 30.5 Å². The van der Waals surface area contributed by atoms with Crippen molar-refractivity contribution >= 4 is 11.9 Å². The second-order valence-corrected chi connectivity index (χ2v) is 5.40. The maximum Gasteiger partial charge on any atom is 0.338 e. The lowest BCUT2D eigenvalue weighted by molar-refractivity contribution is -0.129. The fourth-order valence-electron chi connectivity index (χ4n) is 2.36. The van der Waals surface area contributed by atoms with Gasteiger partial charge in [-0.15, -0.1) is 0 Å². The van der Waals surface area contributed by atoms with Gasteiger partial charge in [-0.3, -0.25) is 4.79 Å². The Morgan fingerprint density at radius 3 is 2.40 bits per heavy atom. The molecule has 1 aromatic rings. The number of ether oxygens (including phenoxy) is 1. The minimum atomic E-state index is -0.760.